The summed E-state index contributed by atoms with van der Waals surface area (Å²) in [6.07, 6.45) is 15.2. The summed E-state index contributed by atoms with van der Waals surface area (Å²) in [5.74, 6) is -1.44. The fourth-order valence-electron chi connectivity index (χ4n) is 6.41. The second-order valence-corrected chi connectivity index (χ2v) is 14.7. The van der Waals surface area contributed by atoms with Crippen LogP contribution in [0.1, 0.15) is 128 Å². The molecule has 1 fully saturated rings. The maximum Gasteiger partial charge on any atom is 0.335 e. The van der Waals surface area contributed by atoms with Crippen LogP contribution in [0.5, 0.6) is 11.5 Å². The molecule has 1 saturated heterocycles. The van der Waals surface area contributed by atoms with E-state index in [1.54, 1.807) is 6.07 Å². The molecule has 0 aromatic heterocycles. The van der Waals surface area contributed by atoms with E-state index in [2.05, 4.69) is 23.5 Å². The fourth-order valence-corrected chi connectivity index (χ4v) is 6.41. The Morgan fingerprint density at radius 2 is 1.26 bits per heavy atom. The first-order valence-electron chi connectivity index (χ1n) is 20.6. The molecule has 14 heteroatoms. The maximum absolute atomic E-state index is 12.4. The lowest BCUT2D eigenvalue weighted by atomic mass is 9.99. The number of benzene rings is 1. The molecule has 322 valence electrons. The minimum Gasteiger partial charge on any atom is -0.504 e. The van der Waals surface area contributed by atoms with Crippen LogP contribution in [0.2, 0.25) is 0 Å². The van der Waals surface area contributed by atoms with Gasteiger partial charge in [-0.1, -0.05) is 43.2 Å². The van der Waals surface area contributed by atoms with E-state index in [4.69, 9.17) is 19.3 Å². The zero-order valence-corrected chi connectivity index (χ0v) is 33.6. The summed E-state index contributed by atoms with van der Waals surface area (Å²) in [6.45, 7) is 0.611. The van der Waals surface area contributed by atoms with Gasteiger partial charge in [0.1, 0.15) is 36.0 Å². The normalized spacial score (nSPS) is 20.2. The number of aromatic hydroxyl groups is 2. The highest BCUT2D eigenvalue weighted by Gasteiger charge is 2.47. The van der Waals surface area contributed by atoms with Gasteiger partial charge in [0.25, 0.3) is 0 Å². The maximum atomic E-state index is 12.4. The summed E-state index contributed by atoms with van der Waals surface area (Å²) in [7, 11) is 1.51. The van der Waals surface area contributed by atoms with Crippen molar-refractivity contribution < 1.29 is 64.0 Å². The average molecular weight is 806 g/mol. The number of amides is 1. The number of hydrogen-bond donors (Lipinski definition) is 7. The number of methoxy groups -OCH3 is 1. The number of rotatable bonds is 32. The molecule has 1 amide bonds. The molecule has 0 radical (unpaired) electrons. The van der Waals surface area contributed by atoms with E-state index in [0.29, 0.717) is 57.9 Å². The zero-order valence-electron chi connectivity index (χ0n) is 33.6. The fraction of sp³-hybridized carbons (Fsp3) is 0.674. The molecule has 1 aliphatic heterocycles. The second kappa shape index (κ2) is 29.5. The number of carbonyl (C=O) groups is 4. The topological polar surface area (TPSA) is 229 Å². The van der Waals surface area contributed by atoms with Crippen LogP contribution in [0.3, 0.4) is 0 Å². The van der Waals surface area contributed by atoms with E-state index in [0.717, 1.165) is 82.6 Å². The minimum absolute atomic E-state index is 0.178. The number of nitrogens with one attached hydrogen (secondary N) is 1. The molecule has 7 N–H and O–H groups in total. The van der Waals surface area contributed by atoms with Gasteiger partial charge in [-0.05, 0) is 108 Å². The highest BCUT2D eigenvalue weighted by Crippen LogP contribution is 2.25. The molecule has 6 unspecified atom stereocenters. The molecule has 1 aromatic carbocycles. The van der Waals surface area contributed by atoms with E-state index < -0.39 is 42.8 Å². The Morgan fingerprint density at radius 1 is 0.719 bits per heavy atom. The molecular formula is C43H67NO13. The molecule has 0 spiro atoms. The number of unbranched alkanes of at least 4 members (excludes halogenated alkanes) is 9. The first-order chi connectivity index (χ1) is 27.4. The third-order valence-electron chi connectivity index (χ3n) is 9.93. The lowest BCUT2D eigenvalue weighted by molar-refractivity contribution is -0.294. The van der Waals surface area contributed by atoms with E-state index >= 15 is 0 Å². The number of aliphatic hydroxyl groups is 3. The van der Waals surface area contributed by atoms with Gasteiger partial charge in [0.05, 0.1) is 0 Å². The van der Waals surface area contributed by atoms with Crippen molar-refractivity contribution in [3.8, 4) is 11.5 Å². The van der Waals surface area contributed by atoms with Crippen LogP contribution in [0.15, 0.2) is 42.5 Å². The molecule has 1 aromatic rings. The zero-order chi connectivity index (χ0) is 41.8. The molecule has 14 nitrogen and oxygen atoms in total. The number of allylic oxidation sites excluding steroid dienone is 4. The lowest BCUT2D eigenvalue weighted by Crippen LogP contribution is -2.60. The SMILES string of the molecule is COC(CCC=CCCCCC(=O)CCCCCC(=O)CCCCC=CCCCCCOC1OC(C(=O)O)C(O)C(O)C1O)C(=O)NCCc1ccc(O)c(O)c1. The Kier molecular flexibility index (Phi) is 25.6. The molecule has 0 bridgehead atoms. The van der Waals surface area contributed by atoms with Gasteiger partial charge in [-0.2, -0.15) is 0 Å². The number of phenolic OH excluding ortho intramolecular Hbond substituents is 2. The van der Waals surface area contributed by atoms with Crippen molar-refractivity contribution in [3.05, 3.63) is 48.1 Å². The molecule has 2 rings (SSSR count). The van der Waals surface area contributed by atoms with Gasteiger partial charge in [0.15, 0.2) is 23.9 Å². The number of ketones is 2. The van der Waals surface area contributed by atoms with Crippen molar-refractivity contribution in [1.29, 1.82) is 0 Å². The summed E-state index contributed by atoms with van der Waals surface area (Å²) in [5.41, 5.74) is 0.802. The van der Waals surface area contributed by atoms with Crippen molar-refractivity contribution >= 4 is 23.4 Å². The van der Waals surface area contributed by atoms with Crippen LogP contribution in [0, 0.1) is 0 Å². The molecular weight excluding hydrogens is 738 g/mol. The van der Waals surface area contributed by atoms with E-state index in [-0.39, 0.29) is 35.6 Å². The van der Waals surface area contributed by atoms with Gasteiger partial charge in [0, 0.05) is 45.9 Å². The first kappa shape index (κ1) is 49.5. The molecule has 0 saturated carbocycles. The van der Waals surface area contributed by atoms with Crippen molar-refractivity contribution in [1.82, 2.24) is 5.32 Å². The van der Waals surface area contributed by atoms with Crippen LogP contribution in [-0.4, -0.2) is 111 Å². The largest absolute Gasteiger partial charge is 0.504 e. The number of carbonyl (C=O) groups excluding carboxylic acids is 3. The van der Waals surface area contributed by atoms with Gasteiger partial charge in [-0.15, -0.1) is 0 Å². The molecule has 0 aliphatic carbocycles. The van der Waals surface area contributed by atoms with Crippen LogP contribution < -0.4 is 5.32 Å². The Morgan fingerprint density at radius 3 is 1.82 bits per heavy atom. The lowest BCUT2D eigenvalue weighted by Gasteiger charge is -2.38. The van der Waals surface area contributed by atoms with Crippen LogP contribution in [0.4, 0.5) is 0 Å². The van der Waals surface area contributed by atoms with Crippen molar-refractivity contribution in [2.75, 3.05) is 20.3 Å². The smallest absolute Gasteiger partial charge is 0.335 e. The number of hydrogen-bond acceptors (Lipinski definition) is 12. The standard InChI is InChI=1S/C43H67NO13/c1-55-36(41(52)44-28-27-31-25-26-34(47)35(48)30-31)24-18-11-7-6-10-15-21-33(46)23-17-13-16-22-32(45)20-14-9-5-3-2-4-8-12-19-29-56-43-39(51)37(49)38(50)40(57-43)42(53)54/h2-3,7,11,25-26,30,36-40,43,47-51H,4-6,8-10,12-24,27-29H2,1H3,(H,44,52)(H,53,54). The second-order valence-electron chi connectivity index (χ2n) is 14.7. The molecule has 1 aliphatic rings. The summed E-state index contributed by atoms with van der Waals surface area (Å²) in [4.78, 5) is 48.1. The Bertz CT molecular complexity index is 1380. The number of carboxylic acids is 1. The highest BCUT2D eigenvalue weighted by atomic mass is 16.7. The highest BCUT2D eigenvalue weighted by molar-refractivity contribution is 5.80. The quantitative estimate of drug-likeness (QED) is 0.0277. The van der Waals surface area contributed by atoms with Gasteiger partial charge in [0.2, 0.25) is 5.91 Å². The summed E-state index contributed by atoms with van der Waals surface area (Å²) < 4.78 is 15.8. The van der Waals surface area contributed by atoms with Gasteiger partial charge in [-0.25, -0.2) is 4.79 Å². The number of aliphatic hydroxyl groups excluding tert-OH is 3. The Labute approximate surface area is 337 Å². The van der Waals surface area contributed by atoms with Gasteiger partial charge < -0.3 is 50.2 Å². The number of ether oxygens (including phenoxy) is 3. The van der Waals surface area contributed by atoms with Crippen LogP contribution >= 0.6 is 0 Å². The third-order valence-corrected chi connectivity index (χ3v) is 9.93. The van der Waals surface area contributed by atoms with Gasteiger partial charge >= 0.3 is 5.97 Å². The third kappa shape index (κ3) is 21.1. The first-order valence-corrected chi connectivity index (χ1v) is 20.6. The predicted octanol–water partition coefficient (Wildman–Crippen LogP) is 5.34. The van der Waals surface area contributed by atoms with Crippen LogP contribution in [-0.2, 0) is 39.8 Å². The number of Topliss-reactive ketones (excluding diaryl/α,β-unsaturated/α-hetero) is 2. The monoisotopic (exact) mass is 805 g/mol. The van der Waals surface area contributed by atoms with E-state index in [1.165, 1.54) is 19.2 Å². The predicted molar refractivity (Wildman–Crippen MR) is 214 cm³/mol. The van der Waals surface area contributed by atoms with E-state index in [9.17, 15) is 44.7 Å². The number of aliphatic carboxylic acids is 1. The Balaban J connectivity index is 1.36. The van der Waals surface area contributed by atoms with Crippen molar-refractivity contribution in [3.63, 3.8) is 0 Å². The number of carboxylic acid groups (broad SMARTS) is 1. The Hall–Kier alpha value is -3.66. The molecule has 1 heterocycles. The molecule has 6 atom stereocenters. The van der Waals surface area contributed by atoms with Gasteiger partial charge in [-0.3, -0.25) is 14.4 Å². The van der Waals surface area contributed by atoms with Crippen LogP contribution in [0.25, 0.3) is 0 Å². The van der Waals surface area contributed by atoms with Crippen molar-refractivity contribution in [2.45, 2.75) is 165 Å². The number of phenols is 2. The van der Waals surface area contributed by atoms with Crippen molar-refractivity contribution in [2.24, 2.45) is 0 Å². The summed E-state index contributed by atoms with van der Waals surface area (Å²) in [6, 6.07) is 4.59. The van der Waals surface area contributed by atoms with E-state index in [1.807, 2.05) is 6.08 Å². The summed E-state index contributed by atoms with van der Waals surface area (Å²) >= 11 is 0. The molecule has 57 heavy (non-hydrogen) atoms. The average Bonchev–Trinajstić information content (AvgIpc) is 3.18. The summed E-state index contributed by atoms with van der Waals surface area (Å²) in [5, 5.41) is 60.5. The minimum atomic E-state index is -1.73.